The van der Waals surface area contributed by atoms with Crippen molar-refractivity contribution in [2.75, 3.05) is 0 Å². The van der Waals surface area contributed by atoms with Crippen molar-refractivity contribution in [1.82, 2.24) is 0 Å². The smallest absolute Gasteiger partial charge is 0.420 e. The zero-order chi connectivity index (χ0) is 14.1. The van der Waals surface area contributed by atoms with E-state index in [2.05, 4.69) is 4.74 Å². The summed E-state index contributed by atoms with van der Waals surface area (Å²) in [6.07, 6.45) is -4.95. The Morgan fingerprint density at radius 3 is 2.28 bits per heavy atom. The van der Waals surface area contributed by atoms with Gasteiger partial charge in [-0.2, -0.15) is 22.0 Å². The Morgan fingerprint density at radius 2 is 1.89 bits per heavy atom. The Morgan fingerprint density at radius 1 is 1.33 bits per heavy atom. The van der Waals surface area contributed by atoms with Crippen molar-refractivity contribution in [3.63, 3.8) is 0 Å². The SMILES string of the molecule is CC(=O)c1c(I)ccc(OC(F)F)c1C(F)(F)F. The Kier molecular flexibility index (Phi) is 4.51. The van der Waals surface area contributed by atoms with E-state index in [1.54, 1.807) is 0 Å². The molecular weight excluding hydrogens is 374 g/mol. The van der Waals surface area contributed by atoms with Gasteiger partial charge in [0.05, 0.1) is 0 Å². The van der Waals surface area contributed by atoms with Crippen molar-refractivity contribution in [2.24, 2.45) is 0 Å². The van der Waals surface area contributed by atoms with E-state index in [9.17, 15) is 26.7 Å². The van der Waals surface area contributed by atoms with Gasteiger partial charge >= 0.3 is 12.8 Å². The van der Waals surface area contributed by atoms with Crippen molar-refractivity contribution in [3.05, 3.63) is 26.8 Å². The Balaban J connectivity index is 3.55. The van der Waals surface area contributed by atoms with Crippen LogP contribution in [-0.2, 0) is 6.18 Å². The molecule has 0 aliphatic rings. The molecule has 0 bridgehead atoms. The lowest BCUT2D eigenvalue weighted by molar-refractivity contribution is -0.142. The second-order valence-corrected chi connectivity index (χ2v) is 4.39. The predicted molar refractivity (Wildman–Crippen MR) is 60.8 cm³/mol. The highest BCUT2D eigenvalue weighted by atomic mass is 127. The number of hydrogen-bond acceptors (Lipinski definition) is 2. The van der Waals surface area contributed by atoms with Gasteiger partial charge in [-0.1, -0.05) is 0 Å². The zero-order valence-corrected chi connectivity index (χ0v) is 11.0. The van der Waals surface area contributed by atoms with Gasteiger partial charge in [0.25, 0.3) is 0 Å². The van der Waals surface area contributed by atoms with E-state index in [1.165, 1.54) is 22.6 Å². The number of benzene rings is 1. The molecule has 0 unspecified atom stereocenters. The number of hydrogen-bond donors (Lipinski definition) is 0. The summed E-state index contributed by atoms with van der Waals surface area (Å²) in [4.78, 5) is 11.2. The van der Waals surface area contributed by atoms with Crippen LogP contribution in [0.25, 0.3) is 0 Å². The molecular formula is C10H6F5IO2. The number of halogens is 6. The van der Waals surface area contributed by atoms with Crippen LogP contribution in [0.3, 0.4) is 0 Å². The van der Waals surface area contributed by atoms with Gasteiger partial charge < -0.3 is 4.74 Å². The summed E-state index contributed by atoms with van der Waals surface area (Å²) < 4.78 is 66.4. The molecule has 1 aromatic carbocycles. The van der Waals surface area contributed by atoms with Gasteiger partial charge in [0, 0.05) is 9.13 Å². The van der Waals surface area contributed by atoms with Crippen LogP contribution in [0.5, 0.6) is 5.75 Å². The van der Waals surface area contributed by atoms with Gasteiger partial charge in [0.15, 0.2) is 5.78 Å². The maximum atomic E-state index is 12.8. The largest absolute Gasteiger partial charge is 0.434 e. The van der Waals surface area contributed by atoms with Crippen molar-refractivity contribution in [3.8, 4) is 5.75 Å². The Bertz CT molecular complexity index is 470. The van der Waals surface area contributed by atoms with E-state index < -0.39 is 35.4 Å². The van der Waals surface area contributed by atoms with Crippen molar-refractivity contribution >= 4 is 28.4 Å². The fraction of sp³-hybridized carbons (Fsp3) is 0.300. The minimum Gasteiger partial charge on any atom is -0.434 e. The fourth-order valence-corrected chi connectivity index (χ4v) is 2.21. The molecule has 0 spiro atoms. The van der Waals surface area contributed by atoms with Crippen molar-refractivity contribution in [1.29, 1.82) is 0 Å². The van der Waals surface area contributed by atoms with E-state index in [0.29, 0.717) is 0 Å². The maximum absolute atomic E-state index is 12.8. The molecule has 0 aromatic heterocycles. The average molecular weight is 380 g/mol. The summed E-state index contributed by atoms with van der Waals surface area (Å²) in [5, 5.41) is 0. The number of carbonyl (C=O) groups is 1. The molecule has 0 saturated carbocycles. The lowest BCUT2D eigenvalue weighted by Gasteiger charge is -2.17. The third-order valence-corrected chi connectivity index (χ3v) is 2.87. The third kappa shape index (κ3) is 3.30. The van der Waals surface area contributed by atoms with Crippen molar-refractivity contribution in [2.45, 2.75) is 19.7 Å². The van der Waals surface area contributed by atoms with Crippen LogP contribution in [0.15, 0.2) is 12.1 Å². The number of ketones is 1. The number of carbonyl (C=O) groups excluding carboxylic acids is 1. The highest BCUT2D eigenvalue weighted by molar-refractivity contribution is 14.1. The van der Waals surface area contributed by atoms with Crippen LogP contribution in [0.2, 0.25) is 0 Å². The molecule has 2 nitrogen and oxygen atoms in total. The normalized spacial score (nSPS) is 11.8. The quantitative estimate of drug-likeness (QED) is 0.448. The van der Waals surface area contributed by atoms with Crippen LogP contribution in [0, 0.1) is 3.57 Å². The van der Waals surface area contributed by atoms with E-state index in [-0.39, 0.29) is 3.57 Å². The Hall–Kier alpha value is -0.930. The van der Waals surface area contributed by atoms with Gasteiger partial charge in [-0.3, -0.25) is 4.79 Å². The second kappa shape index (κ2) is 5.37. The van der Waals surface area contributed by atoms with Crippen LogP contribution in [-0.4, -0.2) is 12.4 Å². The highest BCUT2D eigenvalue weighted by Crippen LogP contribution is 2.41. The molecule has 18 heavy (non-hydrogen) atoms. The molecule has 0 amide bonds. The zero-order valence-electron chi connectivity index (χ0n) is 8.82. The lowest BCUT2D eigenvalue weighted by Crippen LogP contribution is -2.17. The van der Waals surface area contributed by atoms with Crippen LogP contribution in [0.4, 0.5) is 22.0 Å². The maximum Gasteiger partial charge on any atom is 0.420 e. The van der Waals surface area contributed by atoms with Crippen molar-refractivity contribution < 1.29 is 31.5 Å². The minimum absolute atomic E-state index is 0.0223. The van der Waals surface area contributed by atoms with Crippen LogP contribution in [0.1, 0.15) is 22.8 Å². The summed E-state index contributed by atoms with van der Waals surface area (Å²) in [7, 11) is 0. The fourth-order valence-electron chi connectivity index (χ4n) is 1.38. The summed E-state index contributed by atoms with van der Waals surface area (Å²) in [5.41, 5.74) is -2.14. The van der Waals surface area contributed by atoms with Crippen LogP contribution < -0.4 is 4.74 Å². The standard InChI is InChI=1S/C10H6F5IO2/c1-4(17)7-5(16)2-3-6(18-9(11)12)8(7)10(13,14)15/h2-3,9H,1H3. The van der Waals surface area contributed by atoms with Gasteiger partial charge in [-0.25, -0.2) is 0 Å². The molecule has 0 radical (unpaired) electrons. The monoisotopic (exact) mass is 380 g/mol. The molecule has 0 heterocycles. The first-order valence-electron chi connectivity index (χ1n) is 4.50. The molecule has 8 heteroatoms. The number of alkyl halides is 5. The molecule has 1 aromatic rings. The molecule has 100 valence electrons. The number of rotatable bonds is 3. The topological polar surface area (TPSA) is 26.3 Å². The summed E-state index contributed by atoms with van der Waals surface area (Å²) >= 11 is 1.53. The summed E-state index contributed by atoms with van der Waals surface area (Å²) in [6.45, 7) is -2.47. The summed E-state index contributed by atoms with van der Waals surface area (Å²) in [5.74, 6) is -1.92. The molecule has 0 aliphatic heterocycles. The van der Waals surface area contributed by atoms with E-state index in [4.69, 9.17) is 0 Å². The number of ether oxygens (including phenoxy) is 1. The first-order valence-corrected chi connectivity index (χ1v) is 5.58. The van der Waals surface area contributed by atoms with Gasteiger partial charge in [0.1, 0.15) is 11.3 Å². The first kappa shape index (κ1) is 15.1. The van der Waals surface area contributed by atoms with Gasteiger partial charge in [-0.05, 0) is 41.6 Å². The second-order valence-electron chi connectivity index (χ2n) is 3.23. The summed E-state index contributed by atoms with van der Waals surface area (Å²) in [6, 6.07) is 1.88. The molecule has 0 fully saturated rings. The molecule has 0 N–H and O–H groups in total. The Labute approximate surface area is 112 Å². The first-order chi connectivity index (χ1) is 8.14. The third-order valence-electron chi connectivity index (χ3n) is 1.97. The van der Waals surface area contributed by atoms with Gasteiger partial charge in [0.2, 0.25) is 0 Å². The molecule has 0 atom stereocenters. The molecule has 0 saturated heterocycles. The minimum atomic E-state index is -4.95. The average Bonchev–Trinajstić information content (AvgIpc) is 2.17. The van der Waals surface area contributed by atoms with E-state index in [0.717, 1.165) is 19.1 Å². The van der Waals surface area contributed by atoms with Crippen LogP contribution >= 0.6 is 22.6 Å². The molecule has 1 rings (SSSR count). The van der Waals surface area contributed by atoms with E-state index >= 15 is 0 Å². The lowest BCUT2D eigenvalue weighted by atomic mass is 10.0. The number of Topliss-reactive ketones (excluding diaryl/α,β-unsaturated/α-hetero) is 1. The van der Waals surface area contributed by atoms with Gasteiger partial charge in [-0.15, -0.1) is 0 Å². The van der Waals surface area contributed by atoms with E-state index in [1.807, 2.05) is 0 Å². The highest BCUT2D eigenvalue weighted by Gasteiger charge is 2.39. The molecule has 0 aliphatic carbocycles. The predicted octanol–water partition coefficient (Wildman–Crippen LogP) is 4.11.